The molecule has 1 amide bonds. The van der Waals surface area contributed by atoms with Crippen molar-refractivity contribution in [2.45, 2.75) is 25.8 Å². The van der Waals surface area contributed by atoms with Gasteiger partial charge < -0.3 is 4.90 Å². The lowest BCUT2D eigenvalue weighted by Crippen LogP contribution is -2.41. The van der Waals surface area contributed by atoms with Crippen molar-refractivity contribution >= 4 is 5.91 Å². The monoisotopic (exact) mass is 287 g/mol. The Labute approximate surface area is 123 Å². The molecule has 1 N–H and O–H groups in total. The largest absolute Gasteiger partial charge is 0.371 e. The number of fused-ring (bicyclic) bond motifs is 2. The number of carbonyl (C=O) groups is 1. The third-order valence-electron chi connectivity index (χ3n) is 4.78. The SMILES string of the molecule is CC(=O)N1NC2=C(C1c1cccc(F)c1)N1CCC2CC1. The van der Waals surface area contributed by atoms with E-state index in [9.17, 15) is 9.18 Å². The lowest BCUT2D eigenvalue weighted by molar-refractivity contribution is -0.132. The summed E-state index contributed by atoms with van der Waals surface area (Å²) in [5, 5.41) is 1.65. The molecule has 0 spiro atoms. The number of piperidine rings is 1. The first kappa shape index (κ1) is 12.7. The highest BCUT2D eigenvalue weighted by atomic mass is 19.1. The summed E-state index contributed by atoms with van der Waals surface area (Å²) in [5.41, 5.74) is 6.45. The molecule has 1 fully saturated rings. The Hall–Kier alpha value is -2.04. The minimum atomic E-state index is -0.263. The van der Waals surface area contributed by atoms with Crippen LogP contribution in [0.15, 0.2) is 35.7 Å². The van der Waals surface area contributed by atoms with Crippen LogP contribution in [0.2, 0.25) is 0 Å². The van der Waals surface area contributed by atoms with Gasteiger partial charge in [-0.3, -0.25) is 10.2 Å². The molecule has 0 radical (unpaired) electrons. The molecule has 1 aromatic carbocycles. The number of hydrogen-bond acceptors (Lipinski definition) is 3. The van der Waals surface area contributed by atoms with E-state index in [1.54, 1.807) is 18.0 Å². The van der Waals surface area contributed by atoms with Gasteiger partial charge in [0.15, 0.2) is 0 Å². The molecule has 0 aliphatic carbocycles. The molecular formula is C16H18FN3O. The zero-order valence-corrected chi connectivity index (χ0v) is 12.0. The number of allylic oxidation sites excluding steroid dienone is 1. The molecule has 5 rings (SSSR count). The average Bonchev–Trinajstić information content (AvgIpc) is 2.91. The number of nitrogens with one attached hydrogen (secondary N) is 1. The van der Waals surface area contributed by atoms with E-state index in [0.717, 1.165) is 37.2 Å². The topological polar surface area (TPSA) is 35.6 Å². The molecule has 110 valence electrons. The van der Waals surface area contributed by atoms with Crippen molar-refractivity contribution in [2.75, 3.05) is 13.1 Å². The molecule has 2 bridgehead atoms. The first-order valence-electron chi connectivity index (χ1n) is 7.46. The molecule has 21 heavy (non-hydrogen) atoms. The predicted octanol–water partition coefficient (Wildman–Crippen LogP) is 2.17. The van der Waals surface area contributed by atoms with Gasteiger partial charge in [-0.1, -0.05) is 12.1 Å². The molecule has 1 unspecified atom stereocenters. The van der Waals surface area contributed by atoms with Crippen LogP contribution in [-0.4, -0.2) is 28.9 Å². The van der Waals surface area contributed by atoms with Gasteiger partial charge in [0, 0.05) is 25.9 Å². The fraction of sp³-hybridized carbons (Fsp3) is 0.438. The van der Waals surface area contributed by atoms with Crippen molar-refractivity contribution in [1.82, 2.24) is 15.3 Å². The summed E-state index contributed by atoms with van der Waals surface area (Å²) in [7, 11) is 0. The summed E-state index contributed by atoms with van der Waals surface area (Å²) in [4.78, 5) is 14.4. The van der Waals surface area contributed by atoms with Gasteiger partial charge in [-0.05, 0) is 30.5 Å². The van der Waals surface area contributed by atoms with Crippen molar-refractivity contribution < 1.29 is 9.18 Å². The highest BCUT2D eigenvalue weighted by Gasteiger charge is 2.45. The quantitative estimate of drug-likeness (QED) is 0.860. The van der Waals surface area contributed by atoms with Crippen LogP contribution in [-0.2, 0) is 4.79 Å². The van der Waals surface area contributed by atoms with Crippen molar-refractivity contribution in [1.29, 1.82) is 0 Å². The van der Waals surface area contributed by atoms with E-state index < -0.39 is 0 Å². The molecular weight excluding hydrogens is 269 g/mol. The van der Waals surface area contributed by atoms with E-state index in [0.29, 0.717) is 5.92 Å². The molecule has 4 nitrogen and oxygen atoms in total. The van der Waals surface area contributed by atoms with Gasteiger partial charge in [0.2, 0.25) is 5.91 Å². The van der Waals surface area contributed by atoms with Crippen LogP contribution >= 0.6 is 0 Å². The zero-order chi connectivity index (χ0) is 14.6. The maximum Gasteiger partial charge on any atom is 0.238 e. The Bertz CT molecular complexity index is 634. The van der Waals surface area contributed by atoms with Crippen LogP contribution in [0.1, 0.15) is 31.4 Å². The van der Waals surface area contributed by atoms with Gasteiger partial charge in [-0.15, -0.1) is 0 Å². The summed E-state index contributed by atoms with van der Waals surface area (Å²) in [6, 6.07) is 6.35. The van der Waals surface area contributed by atoms with E-state index >= 15 is 0 Å². The maximum atomic E-state index is 13.6. The molecule has 1 atom stereocenters. The lowest BCUT2D eigenvalue weighted by atomic mass is 9.85. The minimum absolute atomic E-state index is 0.0424. The van der Waals surface area contributed by atoms with Crippen molar-refractivity contribution in [3.8, 4) is 0 Å². The van der Waals surface area contributed by atoms with E-state index in [-0.39, 0.29) is 17.8 Å². The van der Waals surface area contributed by atoms with Gasteiger partial charge in [0.1, 0.15) is 11.9 Å². The Morgan fingerprint density at radius 3 is 2.76 bits per heavy atom. The van der Waals surface area contributed by atoms with Crippen LogP contribution in [0, 0.1) is 11.7 Å². The maximum absolute atomic E-state index is 13.6. The van der Waals surface area contributed by atoms with Gasteiger partial charge in [0.05, 0.1) is 11.4 Å². The molecule has 4 aliphatic rings. The summed E-state index contributed by atoms with van der Waals surface area (Å²) >= 11 is 0. The smallest absolute Gasteiger partial charge is 0.238 e. The van der Waals surface area contributed by atoms with E-state index in [4.69, 9.17) is 0 Å². The second-order valence-electron chi connectivity index (χ2n) is 6.02. The Kier molecular flexibility index (Phi) is 2.71. The highest BCUT2D eigenvalue weighted by molar-refractivity contribution is 5.75. The van der Waals surface area contributed by atoms with Crippen molar-refractivity contribution in [3.63, 3.8) is 0 Å². The number of amides is 1. The van der Waals surface area contributed by atoms with E-state index in [1.165, 1.54) is 17.8 Å². The molecule has 1 aromatic rings. The number of benzene rings is 1. The average molecular weight is 287 g/mol. The number of hydrazine groups is 1. The van der Waals surface area contributed by atoms with Crippen molar-refractivity contribution in [2.24, 2.45) is 5.92 Å². The molecule has 5 heteroatoms. The van der Waals surface area contributed by atoms with Crippen molar-refractivity contribution in [3.05, 3.63) is 47.0 Å². The lowest BCUT2D eigenvalue weighted by Gasteiger charge is -2.41. The minimum Gasteiger partial charge on any atom is -0.371 e. The van der Waals surface area contributed by atoms with Crippen LogP contribution < -0.4 is 5.43 Å². The van der Waals surface area contributed by atoms with Gasteiger partial charge in [-0.25, -0.2) is 9.40 Å². The normalized spacial score (nSPS) is 24.4. The van der Waals surface area contributed by atoms with Gasteiger partial charge >= 0.3 is 0 Å². The molecule has 0 saturated carbocycles. The fourth-order valence-corrected chi connectivity index (χ4v) is 3.82. The van der Waals surface area contributed by atoms with E-state index in [1.807, 2.05) is 6.07 Å². The first-order chi connectivity index (χ1) is 10.1. The third-order valence-corrected chi connectivity index (χ3v) is 4.78. The highest BCUT2D eigenvalue weighted by Crippen LogP contribution is 2.46. The summed E-state index contributed by atoms with van der Waals surface area (Å²) < 4.78 is 13.6. The zero-order valence-electron chi connectivity index (χ0n) is 12.0. The van der Waals surface area contributed by atoms with Gasteiger partial charge in [0.25, 0.3) is 0 Å². The van der Waals surface area contributed by atoms with E-state index in [2.05, 4.69) is 10.3 Å². The number of hydrogen-bond donors (Lipinski definition) is 1. The molecule has 4 aliphatic heterocycles. The van der Waals surface area contributed by atoms with Crippen LogP contribution in [0.5, 0.6) is 0 Å². The number of nitrogens with zero attached hydrogens (tertiary/aromatic N) is 2. The van der Waals surface area contributed by atoms with Gasteiger partial charge in [-0.2, -0.15) is 0 Å². The Morgan fingerprint density at radius 1 is 1.33 bits per heavy atom. The number of carbonyl (C=O) groups excluding carboxylic acids is 1. The van der Waals surface area contributed by atoms with Crippen LogP contribution in [0.25, 0.3) is 0 Å². The van der Waals surface area contributed by atoms with Crippen LogP contribution in [0.4, 0.5) is 4.39 Å². The Balaban J connectivity index is 1.83. The Morgan fingerprint density at radius 2 is 2.10 bits per heavy atom. The summed E-state index contributed by atoms with van der Waals surface area (Å²) in [6.45, 7) is 3.61. The number of halogens is 1. The third kappa shape index (κ3) is 1.83. The molecule has 1 saturated heterocycles. The van der Waals surface area contributed by atoms with Crippen LogP contribution in [0.3, 0.4) is 0 Å². The number of rotatable bonds is 1. The fourth-order valence-electron chi connectivity index (χ4n) is 3.82. The second-order valence-corrected chi connectivity index (χ2v) is 6.02. The summed E-state index contributed by atoms with van der Waals surface area (Å²) in [5.74, 6) is 0.200. The standard InChI is InChI=1S/C16H18FN3O/c1-10(21)20-15(12-3-2-4-13(17)9-12)16-14(18-20)11-5-7-19(16)8-6-11/h2-4,9,11,15,18H,5-8H2,1H3. The molecule has 4 heterocycles. The first-order valence-corrected chi connectivity index (χ1v) is 7.46. The molecule has 0 aromatic heterocycles. The second kappa shape index (κ2) is 4.48. The predicted molar refractivity (Wildman–Crippen MR) is 76.1 cm³/mol. The summed E-state index contributed by atoms with van der Waals surface area (Å²) in [6.07, 6.45) is 2.26.